The minimum Gasteiger partial charge on any atom is -0.456 e. The summed E-state index contributed by atoms with van der Waals surface area (Å²) in [6.07, 6.45) is 1.25. The molecule has 0 aliphatic rings. The van der Waals surface area contributed by atoms with E-state index in [4.69, 9.17) is 4.42 Å². The molecule has 0 aliphatic heterocycles. The summed E-state index contributed by atoms with van der Waals surface area (Å²) in [6, 6.07) is 23.1. The number of hydrogen-bond acceptors (Lipinski definition) is 1. The van der Waals surface area contributed by atoms with E-state index in [1.807, 2.05) is 18.2 Å². The van der Waals surface area contributed by atoms with Crippen molar-refractivity contribution in [2.24, 2.45) is 0 Å². The molecular weight excluding hydrogens is 280 g/mol. The number of rotatable bonds is 1. The molecule has 0 amide bonds. The van der Waals surface area contributed by atoms with E-state index in [1.165, 1.54) is 33.9 Å². The molecular formula is C22H22O. The van der Waals surface area contributed by atoms with Crippen molar-refractivity contribution in [1.82, 2.24) is 0 Å². The maximum Gasteiger partial charge on any atom is 0.136 e. The first-order valence-corrected chi connectivity index (χ1v) is 8.22. The Morgan fingerprint density at radius 2 is 1.48 bits per heavy atom. The molecule has 1 heterocycles. The first-order chi connectivity index (χ1) is 11.2. The van der Waals surface area contributed by atoms with Crippen LogP contribution in [0.25, 0.3) is 33.1 Å². The van der Waals surface area contributed by atoms with E-state index in [0.717, 1.165) is 11.2 Å². The number of hydrogen-bond donors (Lipinski definition) is 0. The van der Waals surface area contributed by atoms with Gasteiger partial charge in [-0.15, -0.1) is 0 Å². The lowest BCUT2D eigenvalue weighted by molar-refractivity contribution is 0.669. The van der Waals surface area contributed by atoms with Gasteiger partial charge in [0.1, 0.15) is 11.2 Å². The number of fused-ring (bicyclic) bond motifs is 3. The first kappa shape index (κ1) is 15.4. The van der Waals surface area contributed by atoms with Crippen molar-refractivity contribution in [2.45, 2.75) is 27.2 Å². The van der Waals surface area contributed by atoms with Crippen LogP contribution in [0.5, 0.6) is 0 Å². The zero-order chi connectivity index (χ0) is 16.2. The second-order valence-corrected chi connectivity index (χ2v) is 5.85. The lowest BCUT2D eigenvalue weighted by atomic mass is 9.98. The molecule has 1 aromatic heterocycles. The summed E-state index contributed by atoms with van der Waals surface area (Å²) in [5.74, 6) is 0. The fourth-order valence-corrected chi connectivity index (χ4v) is 2.83. The molecule has 0 N–H and O–H groups in total. The summed E-state index contributed by atoms with van der Waals surface area (Å²) in [5, 5.41) is 2.38. The van der Waals surface area contributed by atoms with Gasteiger partial charge in [0.15, 0.2) is 0 Å². The van der Waals surface area contributed by atoms with E-state index >= 15 is 0 Å². The molecule has 23 heavy (non-hydrogen) atoms. The summed E-state index contributed by atoms with van der Waals surface area (Å²) < 4.78 is 5.94. The molecule has 1 heteroatoms. The highest BCUT2D eigenvalue weighted by Crippen LogP contribution is 2.36. The molecule has 1 nitrogen and oxygen atoms in total. The SMILES string of the molecule is CCC.Cc1cccc(-c2cccc3oc4ccccc4c23)c1. The van der Waals surface area contributed by atoms with Crippen LogP contribution in [0.2, 0.25) is 0 Å². The summed E-state index contributed by atoms with van der Waals surface area (Å²) in [7, 11) is 0. The third kappa shape index (κ3) is 3.00. The van der Waals surface area contributed by atoms with Crippen molar-refractivity contribution in [3.05, 3.63) is 72.3 Å². The summed E-state index contributed by atoms with van der Waals surface area (Å²) in [5.41, 5.74) is 5.64. The Labute approximate surface area is 137 Å². The van der Waals surface area contributed by atoms with Gasteiger partial charge in [-0.25, -0.2) is 0 Å². The third-order valence-electron chi connectivity index (χ3n) is 3.73. The molecule has 3 aromatic carbocycles. The van der Waals surface area contributed by atoms with Crippen LogP contribution in [0.3, 0.4) is 0 Å². The molecule has 0 saturated heterocycles. The van der Waals surface area contributed by atoms with Crippen molar-refractivity contribution in [3.63, 3.8) is 0 Å². The maximum absolute atomic E-state index is 5.94. The Morgan fingerprint density at radius 1 is 0.783 bits per heavy atom. The Kier molecular flexibility index (Phi) is 4.47. The molecule has 0 spiro atoms. The summed E-state index contributed by atoms with van der Waals surface area (Å²) in [4.78, 5) is 0. The topological polar surface area (TPSA) is 13.1 Å². The average molecular weight is 302 g/mol. The van der Waals surface area contributed by atoms with Crippen LogP contribution >= 0.6 is 0 Å². The number of benzene rings is 3. The minimum absolute atomic E-state index is 0.947. The second-order valence-electron chi connectivity index (χ2n) is 5.85. The van der Waals surface area contributed by atoms with Gasteiger partial charge in [0, 0.05) is 10.8 Å². The van der Waals surface area contributed by atoms with Gasteiger partial charge in [0.2, 0.25) is 0 Å². The van der Waals surface area contributed by atoms with Crippen LogP contribution in [0.4, 0.5) is 0 Å². The monoisotopic (exact) mass is 302 g/mol. The van der Waals surface area contributed by atoms with E-state index in [9.17, 15) is 0 Å². The lowest BCUT2D eigenvalue weighted by Gasteiger charge is -2.04. The van der Waals surface area contributed by atoms with E-state index < -0.39 is 0 Å². The normalized spacial score (nSPS) is 10.6. The molecule has 4 rings (SSSR count). The van der Waals surface area contributed by atoms with E-state index in [-0.39, 0.29) is 0 Å². The summed E-state index contributed by atoms with van der Waals surface area (Å²) >= 11 is 0. The highest BCUT2D eigenvalue weighted by Gasteiger charge is 2.11. The zero-order valence-electron chi connectivity index (χ0n) is 14.0. The maximum atomic E-state index is 5.94. The van der Waals surface area contributed by atoms with E-state index in [2.05, 4.69) is 69.3 Å². The van der Waals surface area contributed by atoms with Crippen molar-refractivity contribution in [3.8, 4) is 11.1 Å². The standard InChI is InChI=1S/C19H14O.C3H8/c1-13-6-4-7-14(12-13)15-9-5-11-18-19(15)16-8-2-3-10-17(16)20-18;1-3-2/h2-12H,1H3;3H2,1-2H3. The molecule has 0 radical (unpaired) electrons. The largest absolute Gasteiger partial charge is 0.456 e. The quantitative estimate of drug-likeness (QED) is 0.370. The molecule has 0 fully saturated rings. The second kappa shape index (κ2) is 6.70. The van der Waals surface area contributed by atoms with Gasteiger partial charge in [-0.05, 0) is 30.2 Å². The van der Waals surface area contributed by atoms with Crippen LogP contribution in [0.15, 0.2) is 71.1 Å². The Balaban J connectivity index is 0.000000485. The van der Waals surface area contributed by atoms with Crippen LogP contribution in [-0.4, -0.2) is 0 Å². The molecule has 0 atom stereocenters. The first-order valence-electron chi connectivity index (χ1n) is 8.22. The van der Waals surface area contributed by atoms with Gasteiger partial charge in [-0.1, -0.05) is 80.4 Å². The Bertz CT molecular complexity index is 931. The summed E-state index contributed by atoms with van der Waals surface area (Å²) in [6.45, 7) is 6.37. The Morgan fingerprint density at radius 3 is 2.26 bits per heavy atom. The predicted octanol–water partition coefficient (Wildman–Crippen LogP) is 6.98. The number of aryl methyl sites for hydroxylation is 1. The van der Waals surface area contributed by atoms with Crippen LogP contribution in [-0.2, 0) is 0 Å². The molecule has 4 aromatic rings. The van der Waals surface area contributed by atoms with Crippen LogP contribution < -0.4 is 0 Å². The molecule has 0 unspecified atom stereocenters. The fraction of sp³-hybridized carbons (Fsp3) is 0.182. The average Bonchev–Trinajstić information content (AvgIpc) is 2.94. The van der Waals surface area contributed by atoms with Crippen molar-refractivity contribution >= 4 is 21.9 Å². The smallest absolute Gasteiger partial charge is 0.136 e. The fourth-order valence-electron chi connectivity index (χ4n) is 2.83. The highest BCUT2D eigenvalue weighted by atomic mass is 16.3. The van der Waals surface area contributed by atoms with E-state index in [0.29, 0.717) is 0 Å². The molecule has 0 aliphatic carbocycles. The van der Waals surface area contributed by atoms with Crippen molar-refractivity contribution < 1.29 is 4.42 Å². The number of furan rings is 1. The molecule has 116 valence electrons. The van der Waals surface area contributed by atoms with Gasteiger partial charge >= 0.3 is 0 Å². The zero-order valence-corrected chi connectivity index (χ0v) is 14.0. The molecule has 0 bridgehead atoms. The van der Waals surface area contributed by atoms with E-state index in [1.54, 1.807) is 0 Å². The van der Waals surface area contributed by atoms with Gasteiger partial charge in [0.25, 0.3) is 0 Å². The van der Waals surface area contributed by atoms with Crippen molar-refractivity contribution in [1.29, 1.82) is 0 Å². The highest BCUT2D eigenvalue weighted by molar-refractivity contribution is 6.12. The van der Waals surface area contributed by atoms with Crippen molar-refractivity contribution in [2.75, 3.05) is 0 Å². The Hall–Kier alpha value is -2.54. The van der Waals surface area contributed by atoms with Gasteiger partial charge < -0.3 is 4.42 Å². The van der Waals surface area contributed by atoms with Crippen LogP contribution in [0, 0.1) is 6.92 Å². The minimum atomic E-state index is 0.947. The third-order valence-corrected chi connectivity index (χ3v) is 3.73. The van der Waals surface area contributed by atoms with Gasteiger partial charge in [-0.2, -0.15) is 0 Å². The predicted molar refractivity (Wildman–Crippen MR) is 99.9 cm³/mol. The van der Waals surface area contributed by atoms with Gasteiger partial charge in [-0.3, -0.25) is 0 Å². The lowest BCUT2D eigenvalue weighted by Crippen LogP contribution is -1.80. The number of para-hydroxylation sites is 1. The van der Waals surface area contributed by atoms with Gasteiger partial charge in [0.05, 0.1) is 0 Å². The van der Waals surface area contributed by atoms with Crippen LogP contribution in [0.1, 0.15) is 25.8 Å². The molecule has 0 saturated carbocycles.